The number of aliphatic carboxylic acids is 1. The smallest absolute Gasteiger partial charge is 0.306 e. The van der Waals surface area contributed by atoms with Crippen LogP contribution in [0.25, 0.3) is 0 Å². The van der Waals surface area contributed by atoms with Gasteiger partial charge in [-0.15, -0.1) is 0 Å². The van der Waals surface area contributed by atoms with E-state index in [1.165, 1.54) is 18.2 Å². The third-order valence-corrected chi connectivity index (χ3v) is 15.1. The van der Waals surface area contributed by atoms with Crippen molar-refractivity contribution in [1.82, 2.24) is 19.8 Å². The Morgan fingerprint density at radius 2 is 1.08 bits per heavy atom. The van der Waals surface area contributed by atoms with Crippen molar-refractivity contribution in [3.63, 3.8) is 0 Å². The molecule has 2 atom stereocenters. The highest BCUT2D eigenvalue weighted by molar-refractivity contribution is 5.77. The number of ether oxygens (including phenoxy) is 5. The largest absolute Gasteiger partial charge is 0.481 e. The summed E-state index contributed by atoms with van der Waals surface area (Å²) in [7, 11) is 1.43. The van der Waals surface area contributed by atoms with Crippen LogP contribution in [0.5, 0.6) is 23.0 Å². The number of aromatic nitrogens is 2. The molecule has 6 aliphatic rings. The fourth-order valence-corrected chi connectivity index (χ4v) is 10.9. The summed E-state index contributed by atoms with van der Waals surface area (Å²) in [6, 6.07) is 20.0. The average Bonchev–Trinajstić information content (AvgIpc) is 4.09. The van der Waals surface area contributed by atoms with E-state index in [9.17, 15) is 24.3 Å². The monoisotopic (exact) mass is 972 g/mol. The third kappa shape index (κ3) is 13.0. The van der Waals surface area contributed by atoms with Crippen LogP contribution in [0.2, 0.25) is 0 Å². The highest BCUT2D eigenvalue weighted by atomic mass is 16.7. The maximum atomic E-state index is 12.9. The van der Waals surface area contributed by atoms with E-state index in [0.717, 1.165) is 149 Å². The van der Waals surface area contributed by atoms with Gasteiger partial charge >= 0.3 is 11.9 Å². The number of hydrogen-bond donors (Lipinski definition) is 3. The topological polar surface area (TPSA) is 191 Å². The van der Waals surface area contributed by atoms with Crippen LogP contribution in [0.15, 0.2) is 60.7 Å². The van der Waals surface area contributed by atoms with Crippen molar-refractivity contribution in [2.75, 3.05) is 70.6 Å². The zero-order valence-electron chi connectivity index (χ0n) is 41.0. The summed E-state index contributed by atoms with van der Waals surface area (Å²) in [5.41, 5.74) is 6.50. The Balaban J connectivity index is 0.000000176. The summed E-state index contributed by atoms with van der Waals surface area (Å²) in [6.07, 6.45) is 12.4. The Labute approximate surface area is 416 Å². The first-order chi connectivity index (χ1) is 34.6. The van der Waals surface area contributed by atoms with Crippen molar-refractivity contribution in [1.29, 1.82) is 0 Å². The van der Waals surface area contributed by atoms with Gasteiger partial charge in [-0.2, -0.15) is 0 Å². The van der Waals surface area contributed by atoms with Crippen molar-refractivity contribution in [2.24, 2.45) is 11.8 Å². The van der Waals surface area contributed by atoms with Crippen LogP contribution in [0.1, 0.15) is 123 Å². The van der Waals surface area contributed by atoms with Crippen molar-refractivity contribution in [3.05, 3.63) is 94.3 Å². The van der Waals surface area contributed by atoms with Gasteiger partial charge < -0.3 is 49.2 Å². The van der Waals surface area contributed by atoms with Gasteiger partial charge in [0.05, 0.1) is 20.0 Å². The number of likely N-dealkylation sites (tertiary alicyclic amines) is 2. The molecule has 2 amide bonds. The molecule has 0 radical (unpaired) electrons. The first-order valence-corrected chi connectivity index (χ1v) is 25.7. The summed E-state index contributed by atoms with van der Waals surface area (Å²) in [4.78, 5) is 62.8. The quantitative estimate of drug-likeness (QED) is 0.0914. The van der Waals surface area contributed by atoms with Crippen LogP contribution in [0, 0.1) is 11.8 Å². The number of hydrogen-bond acceptors (Lipinski definition) is 13. The standard InChI is InChI=1S/C28H35N3O5.C27H33N3O5/c1-34-27(33)17-22(21-5-8-24-25(16-21)36-18-35-24)15-19-10-13-31(14-11-19)26(32)9-7-23-6-4-20-3-2-12-29-28(20)30-23;31-25(8-6-22-5-3-19-2-1-11-28-27(19)29-22)30-12-9-18(10-13-30)14-21(16-26(32)33)20-4-7-23-24(15-20)35-17-34-23/h4-6,8,16,19,22H,2-3,7,9-15,17-18H2,1H3,(H,29,30);3-5,7,15,18,21H,1-2,6,8-14,16-17H2,(H,28,29)(H,32,33). The molecule has 16 heteroatoms. The van der Waals surface area contributed by atoms with E-state index in [1.54, 1.807) is 0 Å². The van der Waals surface area contributed by atoms with E-state index in [1.807, 2.05) is 52.3 Å². The summed E-state index contributed by atoms with van der Waals surface area (Å²) in [5, 5.41) is 16.2. The number of nitrogens with one attached hydrogen (secondary N) is 2. The number of carboxylic acids is 1. The van der Waals surface area contributed by atoms with Crippen molar-refractivity contribution in [3.8, 4) is 23.0 Å². The van der Waals surface area contributed by atoms with Crippen LogP contribution < -0.4 is 29.6 Å². The molecule has 378 valence electrons. The lowest BCUT2D eigenvalue weighted by Gasteiger charge is -2.34. The highest BCUT2D eigenvalue weighted by Gasteiger charge is 2.30. The number of methoxy groups -OCH3 is 1. The zero-order valence-corrected chi connectivity index (χ0v) is 41.0. The van der Waals surface area contributed by atoms with Gasteiger partial charge in [0.1, 0.15) is 11.6 Å². The van der Waals surface area contributed by atoms with E-state index in [0.29, 0.717) is 55.4 Å². The number of anilines is 2. The summed E-state index contributed by atoms with van der Waals surface area (Å²) in [6.45, 7) is 5.32. The van der Waals surface area contributed by atoms with Gasteiger partial charge in [0.25, 0.3) is 0 Å². The molecule has 3 N–H and O–H groups in total. The van der Waals surface area contributed by atoms with Gasteiger partial charge in [0.2, 0.25) is 25.4 Å². The summed E-state index contributed by atoms with van der Waals surface area (Å²) < 4.78 is 26.8. The van der Waals surface area contributed by atoms with Crippen molar-refractivity contribution >= 4 is 35.4 Å². The Morgan fingerprint density at radius 3 is 1.54 bits per heavy atom. The number of carbonyl (C=O) groups is 4. The van der Waals surface area contributed by atoms with E-state index in [-0.39, 0.29) is 49.6 Å². The molecule has 2 fully saturated rings. The predicted molar refractivity (Wildman–Crippen MR) is 266 cm³/mol. The minimum absolute atomic E-state index is 0.0443. The minimum Gasteiger partial charge on any atom is -0.481 e. The fourth-order valence-electron chi connectivity index (χ4n) is 10.9. The number of rotatable bonds is 16. The van der Waals surface area contributed by atoms with Gasteiger partial charge in [-0.05, 0) is 159 Å². The third-order valence-electron chi connectivity index (χ3n) is 15.1. The van der Waals surface area contributed by atoms with Gasteiger partial charge in [-0.1, -0.05) is 24.3 Å². The molecule has 0 aliphatic carbocycles. The van der Waals surface area contributed by atoms with Gasteiger partial charge in [0, 0.05) is 63.5 Å². The lowest BCUT2D eigenvalue weighted by molar-refractivity contribution is -0.141. The van der Waals surface area contributed by atoms with E-state index in [2.05, 4.69) is 28.8 Å². The van der Waals surface area contributed by atoms with Crippen LogP contribution >= 0.6 is 0 Å². The predicted octanol–water partition coefficient (Wildman–Crippen LogP) is 8.06. The first-order valence-electron chi connectivity index (χ1n) is 25.7. The molecule has 16 nitrogen and oxygen atoms in total. The number of benzene rings is 2. The number of aryl methyl sites for hydroxylation is 4. The molecular weight excluding hydrogens is 905 g/mol. The van der Waals surface area contributed by atoms with E-state index >= 15 is 0 Å². The number of nitrogens with zero attached hydrogens (tertiary/aromatic N) is 4. The minimum atomic E-state index is -0.800. The van der Waals surface area contributed by atoms with Crippen molar-refractivity contribution in [2.45, 2.75) is 115 Å². The molecule has 6 aliphatic heterocycles. The zero-order chi connectivity index (χ0) is 49.1. The number of esters is 1. The van der Waals surface area contributed by atoms with Crippen molar-refractivity contribution < 1.29 is 48.0 Å². The normalized spacial score (nSPS) is 17.9. The SMILES string of the molecule is COC(=O)CC(CC1CCN(C(=O)CCc2ccc3c(n2)NCCC3)CC1)c1ccc2c(c1)OCO2.O=C(O)CC(CC1CCN(C(=O)CCc2ccc3c(n2)NCCC3)CC1)c1ccc2c(c1)OCO2. The lowest BCUT2D eigenvalue weighted by atomic mass is 9.82. The Kier molecular flexibility index (Phi) is 16.4. The second-order valence-electron chi connectivity index (χ2n) is 19.8. The number of pyridine rings is 2. The molecular formula is C55H68N6O10. The molecule has 2 aromatic carbocycles. The number of carboxylic acid groups (broad SMARTS) is 1. The molecule has 8 heterocycles. The Hall–Kier alpha value is -6.58. The molecule has 0 bridgehead atoms. The molecule has 71 heavy (non-hydrogen) atoms. The Bertz CT molecular complexity index is 2520. The van der Waals surface area contributed by atoms with Crippen LogP contribution in [0.3, 0.4) is 0 Å². The highest BCUT2D eigenvalue weighted by Crippen LogP contribution is 2.41. The van der Waals surface area contributed by atoms with Crippen LogP contribution in [-0.4, -0.2) is 109 Å². The molecule has 4 aromatic rings. The lowest BCUT2D eigenvalue weighted by Crippen LogP contribution is -2.39. The number of carbonyl (C=O) groups excluding carboxylic acids is 3. The summed E-state index contributed by atoms with van der Waals surface area (Å²) in [5.74, 6) is 4.97. The first kappa shape index (κ1) is 49.4. The van der Waals surface area contributed by atoms with E-state index < -0.39 is 5.97 Å². The number of fused-ring (bicyclic) bond motifs is 4. The molecule has 2 unspecified atom stereocenters. The second kappa shape index (κ2) is 23.6. The fraction of sp³-hybridized carbons (Fsp3) is 0.527. The Morgan fingerprint density at radius 1 is 0.634 bits per heavy atom. The summed E-state index contributed by atoms with van der Waals surface area (Å²) >= 11 is 0. The van der Waals surface area contributed by atoms with Gasteiger partial charge in [-0.3, -0.25) is 19.2 Å². The van der Waals surface area contributed by atoms with E-state index in [4.69, 9.17) is 33.7 Å². The maximum absolute atomic E-state index is 12.9. The van der Waals surface area contributed by atoms with Gasteiger partial charge in [0.15, 0.2) is 23.0 Å². The van der Waals surface area contributed by atoms with Crippen LogP contribution in [0.4, 0.5) is 11.6 Å². The molecule has 0 saturated carbocycles. The molecule has 0 spiro atoms. The molecule has 10 rings (SSSR count). The molecule has 2 saturated heterocycles. The average molecular weight is 973 g/mol. The van der Waals surface area contributed by atoms with Gasteiger partial charge in [-0.25, -0.2) is 9.97 Å². The maximum Gasteiger partial charge on any atom is 0.306 e. The second-order valence-corrected chi connectivity index (χ2v) is 19.8. The number of amides is 2. The molecule has 2 aromatic heterocycles. The van der Waals surface area contributed by atoms with Crippen LogP contribution in [-0.2, 0) is 49.6 Å². The number of piperidine rings is 2.